The molecule has 7 nitrogen and oxygen atoms in total. The predicted octanol–water partition coefficient (Wildman–Crippen LogP) is 6.33. The maximum atomic E-state index is 12.7. The highest BCUT2D eigenvalue weighted by atomic mass is 16.6. The zero-order chi connectivity index (χ0) is 25.7. The monoisotopic (exact) mass is 481 g/mol. The minimum absolute atomic E-state index is 0.275. The van der Waals surface area contributed by atoms with Gasteiger partial charge in [-0.15, -0.1) is 0 Å². The third-order valence-corrected chi connectivity index (χ3v) is 5.17. The number of hydrogen-bond donors (Lipinski definition) is 2. The lowest BCUT2D eigenvalue weighted by Gasteiger charge is -2.19. The van der Waals surface area contributed by atoms with Crippen LogP contribution in [0.3, 0.4) is 0 Å². The molecule has 1 heterocycles. The van der Waals surface area contributed by atoms with Gasteiger partial charge in [-0.25, -0.2) is 4.79 Å². The molecule has 0 saturated carbocycles. The first-order valence-electron chi connectivity index (χ1n) is 11.5. The molecule has 0 radical (unpaired) electrons. The van der Waals surface area contributed by atoms with E-state index in [9.17, 15) is 14.4 Å². The van der Waals surface area contributed by atoms with Gasteiger partial charge in [-0.3, -0.25) is 14.2 Å². The first kappa shape index (κ1) is 24.5. The molecule has 0 aliphatic rings. The summed E-state index contributed by atoms with van der Waals surface area (Å²) in [7, 11) is 0. The number of hydrogen-bond acceptors (Lipinski definition) is 4. The van der Waals surface area contributed by atoms with Crippen molar-refractivity contribution in [3.8, 4) is 0 Å². The smallest absolute Gasteiger partial charge is 0.419 e. The van der Waals surface area contributed by atoms with Crippen LogP contribution in [0.25, 0.3) is 17.0 Å². The highest BCUT2D eigenvalue weighted by Gasteiger charge is 2.20. The number of carbonyl (C=O) groups is 3. The third kappa shape index (κ3) is 6.07. The minimum Gasteiger partial charge on any atom is -0.443 e. The lowest BCUT2D eigenvalue weighted by Crippen LogP contribution is -2.26. The largest absolute Gasteiger partial charge is 0.443 e. The second-order valence-electron chi connectivity index (χ2n) is 9.18. The quantitative estimate of drug-likeness (QED) is 0.326. The van der Waals surface area contributed by atoms with E-state index >= 15 is 0 Å². The van der Waals surface area contributed by atoms with Crippen LogP contribution in [0.2, 0.25) is 0 Å². The van der Waals surface area contributed by atoms with Crippen molar-refractivity contribution in [2.75, 3.05) is 10.6 Å². The summed E-state index contributed by atoms with van der Waals surface area (Å²) in [5.74, 6) is -0.646. The number of nitrogens with zero attached hydrogens (tertiary/aromatic N) is 1. The fraction of sp³-hybridized carbons (Fsp3) is 0.138. The number of carbonyl (C=O) groups excluding carboxylic acids is 3. The average molecular weight is 482 g/mol. The molecule has 7 heteroatoms. The van der Waals surface area contributed by atoms with Gasteiger partial charge in [0.1, 0.15) is 5.60 Å². The molecule has 4 rings (SSSR count). The highest BCUT2D eigenvalue weighted by molar-refractivity contribution is 6.07. The topological polar surface area (TPSA) is 89.4 Å². The van der Waals surface area contributed by atoms with Crippen molar-refractivity contribution in [2.45, 2.75) is 26.4 Å². The van der Waals surface area contributed by atoms with Crippen molar-refractivity contribution in [1.82, 2.24) is 4.57 Å². The van der Waals surface area contributed by atoms with Crippen LogP contribution in [-0.4, -0.2) is 28.1 Å². The molecule has 0 aliphatic heterocycles. The van der Waals surface area contributed by atoms with Gasteiger partial charge in [0.05, 0.1) is 5.52 Å². The summed E-state index contributed by atoms with van der Waals surface area (Å²) in [5, 5.41) is 6.41. The summed E-state index contributed by atoms with van der Waals surface area (Å²) in [5.41, 5.74) is 2.34. The summed E-state index contributed by atoms with van der Waals surface area (Å²) in [4.78, 5) is 37.9. The number of benzene rings is 3. The zero-order valence-electron chi connectivity index (χ0n) is 20.3. The van der Waals surface area contributed by atoms with Crippen molar-refractivity contribution >= 4 is 46.3 Å². The minimum atomic E-state index is -0.634. The Morgan fingerprint density at radius 2 is 1.53 bits per heavy atom. The van der Waals surface area contributed by atoms with Crippen LogP contribution >= 0.6 is 0 Å². The highest BCUT2D eigenvalue weighted by Crippen LogP contribution is 2.24. The molecule has 0 saturated heterocycles. The maximum absolute atomic E-state index is 12.7. The number of fused-ring (bicyclic) bond motifs is 1. The van der Waals surface area contributed by atoms with Gasteiger partial charge < -0.3 is 15.4 Å². The Bertz CT molecular complexity index is 1450. The number of amides is 2. The second kappa shape index (κ2) is 10.3. The summed E-state index contributed by atoms with van der Waals surface area (Å²) >= 11 is 0. The van der Waals surface area contributed by atoms with Crippen molar-refractivity contribution < 1.29 is 19.1 Å². The molecule has 0 bridgehead atoms. The second-order valence-corrected chi connectivity index (χ2v) is 9.18. The molecule has 2 N–H and O–H groups in total. The van der Waals surface area contributed by atoms with E-state index in [4.69, 9.17) is 4.74 Å². The maximum Gasteiger partial charge on any atom is 0.419 e. The standard InChI is InChI=1S/C29H27N3O4/c1-29(2,3)36-28(35)32-19-21(24-14-7-8-15-25(24)32)16-17-26(33)30-23-13-9-10-20(18-23)27(34)31-22-11-5-4-6-12-22/h4-19H,1-3H3,(H,30,33)(H,31,34)/b17-16+. The summed E-state index contributed by atoms with van der Waals surface area (Å²) in [6.45, 7) is 5.42. The number of nitrogens with one attached hydrogen (secondary N) is 2. The van der Waals surface area contributed by atoms with Gasteiger partial charge in [-0.1, -0.05) is 42.5 Å². The van der Waals surface area contributed by atoms with Crippen molar-refractivity contribution in [2.24, 2.45) is 0 Å². The summed E-state index contributed by atoms with van der Waals surface area (Å²) in [6.07, 6.45) is 4.19. The molecule has 0 unspecified atom stereocenters. The Morgan fingerprint density at radius 1 is 0.833 bits per heavy atom. The van der Waals surface area contributed by atoms with E-state index in [0.29, 0.717) is 28.0 Å². The van der Waals surface area contributed by atoms with Gasteiger partial charge in [-0.05, 0) is 63.2 Å². The van der Waals surface area contributed by atoms with Crippen LogP contribution < -0.4 is 10.6 Å². The van der Waals surface area contributed by atoms with Crippen LogP contribution in [0.5, 0.6) is 0 Å². The molecule has 36 heavy (non-hydrogen) atoms. The average Bonchev–Trinajstić information content (AvgIpc) is 3.21. The van der Waals surface area contributed by atoms with E-state index in [1.54, 1.807) is 48.7 Å². The number of para-hydroxylation sites is 2. The molecular formula is C29H27N3O4. The van der Waals surface area contributed by atoms with Crippen molar-refractivity contribution in [3.05, 3.63) is 102 Å². The first-order chi connectivity index (χ1) is 17.2. The van der Waals surface area contributed by atoms with Gasteiger partial charge >= 0.3 is 6.09 Å². The molecule has 0 fully saturated rings. The number of ether oxygens (including phenoxy) is 1. The molecule has 182 valence electrons. The summed E-state index contributed by atoms with van der Waals surface area (Å²) < 4.78 is 6.94. The lowest BCUT2D eigenvalue weighted by atomic mass is 10.1. The van der Waals surface area contributed by atoms with Gasteiger partial charge in [0.2, 0.25) is 5.91 Å². The van der Waals surface area contributed by atoms with Gasteiger partial charge in [0, 0.05) is 40.2 Å². The molecule has 0 spiro atoms. The van der Waals surface area contributed by atoms with Gasteiger partial charge in [-0.2, -0.15) is 0 Å². The Kier molecular flexibility index (Phi) is 7.01. The SMILES string of the molecule is CC(C)(C)OC(=O)n1cc(/C=C/C(=O)Nc2cccc(C(=O)Nc3ccccc3)c2)c2ccccc21. The van der Waals surface area contributed by atoms with Crippen LogP contribution in [0, 0.1) is 0 Å². The molecule has 4 aromatic rings. The zero-order valence-corrected chi connectivity index (χ0v) is 20.3. The summed E-state index contributed by atoms with van der Waals surface area (Å²) in [6, 6.07) is 23.2. The van der Waals surface area contributed by atoms with Crippen molar-refractivity contribution in [1.29, 1.82) is 0 Å². The van der Waals surface area contributed by atoms with Crippen LogP contribution in [0.1, 0.15) is 36.7 Å². The van der Waals surface area contributed by atoms with Gasteiger partial charge in [0.25, 0.3) is 5.91 Å². The normalized spacial score (nSPS) is 11.4. The fourth-order valence-electron chi connectivity index (χ4n) is 3.61. The van der Waals surface area contributed by atoms with E-state index < -0.39 is 11.7 Å². The fourth-order valence-corrected chi connectivity index (χ4v) is 3.61. The van der Waals surface area contributed by atoms with Crippen molar-refractivity contribution in [3.63, 3.8) is 0 Å². The van der Waals surface area contributed by atoms with E-state index in [0.717, 1.165) is 5.39 Å². The number of anilines is 2. The Morgan fingerprint density at radius 3 is 2.28 bits per heavy atom. The number of rotatable bonds is 5. The lowest BCUT2D eigenvalue weighted by molar-refractivity contribution is -0.111. The number of aromatic nitrogens is 1. The van der Waals surface area contributed by atoms with Gasteiger partial charge in [0.15, 0.2) is 0 Å². The first-order valence-corrected chi connectivity index (χ1v) is 11.5. The Hall–Kier alpha value is -4.65. The molecule has 0 aliphatic carbocycles. The van der Waals surface area contributed by atoms with E-state index in [2.05, 4.69) is 10.6 Å². The Labute approximate surface area is 209 Å². The van der Waals surface area contributed by atoms with E-state index in [-0.39, 0.29) is 11.8 Å². The predicted molar refractivity (Wildman–Crippen MR) is 142 cm³/mol. The Balaban J connectivity index is 1.48. The third-order valence-electron chi connectivity index (χ3n) is 5.17. The molecule has 3 aromatic carbocycles. The molecule has 0 atom stereocenters. The van der Waals surface area contributed by atoms with Crippen LogP contribution in [0.15, 0.2) is 91.1 Å². The molecule has 1 aromatic heterocycles. The van der Waals surface area contributed by atoms with Crippen LogP contribution in [0.4, 0.5) is 16.2 Å². The molecule has 2 amide bonds. The van der Waals surface area contributed by atoms with Crippen LogP contribution in [-0.2, 0) is 9.53 Å². The van der Waals surface area contributed by atoms with E-state index in [1.807, 2.05) is 63.2 Å². The van der Waals surface area contributed by atoms with E-state index in [1.165, 1.54) is 10.6 Å². The molecular weight excluding hydrogens is 454 g/mol.